The molecular formula is C17H18BrNO. The van der Waals surface area contributed by atoms with Crippen molar-refractivity contribution in [3.63, 3.8) is 0 Å². The van der Waals surface area contributed by atoms with E-state index in [4.69, 9.17) is 0 Å². The quantitative estimate of drug-likeness (QED) is 0.813. The molecule has 2 aromatic carbocycles. The van der Waals surface area contributed by atoms with Crippen molar-refractivity contribution in [1.29, 1.82) is 0 Å². The van der Waals surface area contributed by atoms with Crippen molar-refractivity contribution in [2.45, 2.75) is 25.1 Å². The van der Waals surface area contributed by atoms with E-state index in [1.807, 2.05) is 62.4 Å². The minimum atomic E-state index is 0.0138. The van der Waals surface area contributed by atoms with Crippen molar-refractivity contribution in [2.24, 2.45) is 0 Å². The second kappa shape index (κ2) is 6.71. The van der Waals surface area contributed by atoms with Crippen molar-refractivity contribution in [1.82, 2.24) is 0 Å². The van der Waals surface area contributed by atoms with Crippen molar-refractivity contribution in [3.05, 3.63) is 65.2 Å². The number of hydrogen-bond donors (Lipinski definition) is 1. The Morgan fingerprint density at radius 2 is 1.80 bits per heavy atom. The fraction of sp³-hybridized carbons (Fsp3) is 0.235. The van der Waals surface area contributed by atoms with Crippen LogP contribution in [0.2, 0.25) is 0 Å². The minimum Gasteiger partial charge on any atom is -0.326 e. The maximum atomic E-state index is 12.2. The van der Waals surface area contributed by atoms with Crippen molar-refractivity contribution >= 4 is 27.5 Å². The van der Waals surface area contributed by atoms with Gasteiger partial charge in [-0.3, -0.25) is 4.79 Å². The van der Waals surface area contributed by atoms with Crippen LogP contribution in [0.1, 0.15) is 28.4 Å². The van der Waals surface area contributed by atoms with Gasteiger partial charge in [-0.25, -0.2) is 0 Å². The highest BCUT2D eigenvalue weighted by Gasteiger charge is 2.11. The number of alkyl halides is 1. The van der Waals surface area contributed by atoms with Gasteiger partial charge in [0.2, 0.25) is 5.91 Å². The lowest BCUT2D eigenvalue weighted by Gasteiger charge is -2.13. The van der Waals surface area contributed by atoms with Gasteiger partial charge in [-0.05, 0) is 36.6 Å². The molecule has 0 saturated carbocycles. The lowest BCUT2D eigenvalue weighted by molar-refractivity contribution is -0.115. The number of rotatable bonds is 4. The van der Waals surface area contributed by atoms with E-state index in [9.17, 15) is 4.79 Å². The molecule has 1 atom stereocenters. The summed E-state index contributed by atoms with van der Waals surface area (Å²) in [6, 6.07) is 15.8. The van der Waals surface area contributed by atoms with Crippen LogP contribution in [-0.4, -0.2) is 5.91 Å². The van der Waals surface area contributed by atoms with Gasteiger partial charge >= 0.3 is 0 Å². The van der Waals surface area contributed by atoms with Crippen LogP contribution in [0, 0.1) is 6.92 Å². The van der Waals surface area contributed by atoms with Crippen LogP contribution in [0.25, 0.3) is 0 Å². The van der Waals surface area contributed by atoms with Crippen LogP contribution < -0.4 is 5.32 Å². The first-order valence-electron chi connectivity index (χ1n) is 6.65. The molecule has 2 nitrogen and oxygen atoms in total. The maximum Gasteiger partial charge on any atom is 0.228 e. The Hall–Kier alpha value is -1.61. The summed E-state index contributed by atoms with van der Waals surface area (Å²) >= 11 is 3.55. The molecule has 1 N–H and O–H groups in total. The first-order valence-corrected chi connectivity index (χ1v) is 7.57. The van der Waals surface area contributed by atoms with Gasteiger partial charge in [0.15, 0.2) is 0 Å². The maximum absolute atomic E-state index is 12.2. The predicted octanol–water partition coefficient (Wildman–Crippen LogP) is 4.63. The molecule has 0 spiro atoms. The van der Waals surface area contributed by atoms with E-state index in [1.54, 1.807) is 0 Å². The smallest absolute Gasteiger partial charge is 0.228 e. The van der Waals surface area contributed by atoms with E-state index in [1.165, 1.54) is 0 Å². The summed E-state index contributed by atoms with van der Waals surface area (Å²) in [6.07, 6.45) is 0.400. The molecule has 0 aliphatic rings. The van der Waals surface area contributed by atoms with Gasteiger partial charge in [0, 0.05) is 10.5 Å². The fourth-order valence-corrected chi connectivity index (χ4v) is 2.53. The first-order chi connectivity index (χ1) is 9.58. The molecule has 0 fully saturated rings. The number of hydrogen-bond acceptors (Lipinski definition) is 1. The molecule has 2 rings (SSSR count). The third kappa shape index (κ3) is 3.70. The Kier molecular flexibility index (Phi) is 4.96. The minimum absolute atomic E-state index is 0.0138. The van der Waals surface area contributed by atoms with E-state index in [0.717, 1.165) is 22.4 Å². The molecule has 0 saturated heterocycles. The zero-order valence-corrected chi connectivity index (χ0v) is 13.3. The summed E-state index contributed by atoms with van der Waals surface area (Å²) in [5, 5.41) is 3.00. The molecule has 0 aliphatic heterocycles. The Morgan fingerprint density at radius 3 is 2.50 bits per heavy atom. The lowest BCUT2D eigenvalue weighted by Crippen LogP contribution is -2.16. The Labute approximate surface area is 128 Å². The Morgan fingerprint density at radius 1 is 1.15 bits per heavy atom. The van der Waals surface area contributed by atoms with Gasteiger partial charge in [-0.1, -0.05) is 58.4 Å². The normalized spacial score (nSPS) is 11.9. The third-order valence-corrected chi connectivity index (χ3v) is 3.77. The molecule has 1 amide bonds. The highest BCUT2D eigenvalue weighted by Crippen LogP contribution is 2.28. The van der Waals surface area contributed by atoms with Gasteiger partial charge in [0.05, 0.1) is 6.42 Å². The molecule has 0 aromatic heterocycles. The molecule has 2 aromatic rings. The number of para-hydroxylation sites is 1. The summed E-state index contributed by atoms with van der Waals surface area (Å²) in [7, 11) is 0. The number of aryl methyl sites for hydroxylation is 1. The van der Waals surface area contributed by atoms with Crippen LogP contribution in [0.5, 0.6) is 0 Å². The van der Waals surface area contributed by atoms with Crippen LogP contribution >= 0.6 is 15.9 Å². The summed E-state index contributed by atoms with van der Waals surface area (Å²) < 4.78 is 0. The number of carbonyl (C=O) groups excluding carboxylic acids is 1. The van der Waals surface area contributed by atoms with E-state index in [-0.39, 0.29) is 10.7 Å². The topological polar surface area (TPSA) is 29.1 Å². The Bertz CT molecular complexity index is 607. The summed E-state index contributed by atoms with van der Waals surface area (Å²) in [4.78, 5) is 12.4. The average molecular weight is 332 g/mol. The fourth-order valence-electron chi connectivity index (χ4n) is 2.13. The van der Waals surface area contributed by atoms with Gasteiger partial charge in [-0.2, -0.15) is 0 Å². The lowest BCUT2D eigenvalue weighted by atomic mass is 10.1. The van der Waals surface area contributed by atoms with Crippen molar-refractivity contribution < 1.29 is 4.79 Å². The Balaban J connectivity index is 2.11. The monoisotopic (exact) mass is 331 g/mol. The SMILES string of the molecule is Cc1ccccc1CC(=O)Nc1ccccc1C(C)Br. The number of nitrogens with one attached hydrogen (secondary N) is 1. The molecule has 0 radical (unpaired) electrons. The molecule has 0 bridgehead atoms. The molecule has 1 unspecified atom stereocenters. The zero-order chi connectivity index (χ0) is 14.5. The molecule has 20 heavy (non-hydrogen) atoms. The number of benzene rings is 2. The standard InChI is InChI=1S/C17H18BrNO/c1-12-7-3-4-8-14(12)11-17(20)19-16-10-6-5-9-15(16)13(2)18/h3-10,13H,11H2,1-2H3,(H,19,20). The average Bonchev–Trinajstić information content (AvgIpc) is 2.41. The predicted molar refractivity (Wildman–Crippen MR) is 87.3 cm³/mol. The third-order valence-electron chi connectivity index (χ3n) is 3.28. The second-order valence-corrected chi connectivity index (χ2v) is 6.23. The number of halogens is 1. The first kappa shape index (κ1) is 14.8. The van der Waals surface area contributed by atoms with E-state index >= 15 is 0 Å². The van der Waals surface area contributed by atoms with Gasteiger partial charge in [0.25, 0.3) is 0 Å². The van der Waals surface area contributed by atoms with E-state index in [2.05, 4.69) is 21.2 Å². The summed E-state index contributed by atoms with van der Waals surface area (Å²) in [5.41, 5.74) is 4.17. The largest absolute Gasteiger partial charge is 0.326 e. The molecule has 104 valence electrons. The van der Waals surface area contributed by atoms with E-state index < -0.39 is 0 Å². The van der Waals surface area contributed by atoms with Crippen LogP contribution in [-0.2, 0) is 11.2 Å². The van der Waals surface area contributed by atoms with Gasteiger partial charge in [-0.15, -0.1) is 0 Å². The highest BCUT2D eigenvalue weighted by atomic mass is 79.9. The second-order valence-electron chi connectivity index (χ2n) is 4.85. The van der Waals surface area contributed by atoms with Gasteiger partial charge in [0.1, 0.15) is 0 Å². The molecule has 0 heterocycles. The number of anilines is 1. The molecular weight excluding hydrogens is 314 g/mol. The number of carbonyl (C=O) groups is 1. The van der Waals surface area contributed by atoms with Crippen molar-refractivity contribution in [3.8, 4) is 0 Å². The number of amides is 1. The van der Waals surface area contributed by atoms with Crippen LogP contribution in [0.4, 0.5) is 5.69 Å². The van der Waals surface area contributed by atoms with Crippen molar-refractivity contribution in [2.75, 3.05) is 5.32 Å². The molecule has 0 aliphatic carbocycles. The summed E-state index contributed by atoms with van der Waals surface area (Å²) in [6.45, 7) is 4.07. The zero-order valence-electron chi connectivity index (χ0n) is 11.7. The summed E-state index contributed by atoms with van der Waals surface area (Å²) in [5.74, 6) is 0.0138. The molecule has 3 heteroatoms. The van der Waals surface area contributed by atoms with Crippen LogP contribution in [0.15, 0.2) is 48.5 Å². The van der Waals surface area contributed by atoms with Gasteiger partial charge < -0.3 is 5.32 Å². The highest BCUT2D eigenvalue weighted by molar-refractivity contribution is 9.09. The van der Waals surface area contributed by atoms with E-state index in [0.29, 0.717) is 6.42 Å². The van der Waals surface area contributed by atoms with Crippen LogP contribution in [0.3, 0.4) is 0 Å².